The molecule has 1 amide bonds. The lowest BCUT2D eigenvalue weighted by Gasteiger charge is -2.23. The lowest BCUT2D eigenvalue weighted by atomic mass is 10.2. The summed E-state index contributed by atoms with van der Waals surface area (Å²) in [6.45, 7) is 1.43. The van der Waals surface area contributed by atoms with Gasteiger partial charge in [-0.1, -0.05) is 17.7 Å². The monoisotopic (exact) mass is 398 g/mol. The zero-order valence-electron chi connectivity index (χ0n) is 14.1. The lowest BCUT2D eigenvalue weighted by Crippen LogP contribution is -2.37. The topological polar surface area (TPSA) is 66.5 Å². The summed E-state index contributed by atoms with van der Waals surface area (Å²) in [6, 6.07) is 12.2. The van der Waals surface area contributed by atoms with E-state index in [0.717, 1.165) is 15.5 Å². The van der Waals surface area contributed by atoms with E-state index >= 15 is 0 Å². The highest BCUT2D eigenvalue weighted by molar-refractivity contribution is 7.98. The van der Waals surface area contributed by atoms with Gasteiger partial charge in [0, 0.05) is 15.6 Å². The van der Waals surface area contributed by atoms with Gasteiger partial charge in [-0.2, -0.15) is 0 Å². The first kappa shape index (κ1) is 19.6. The van der Waals surface area contributed by atoms with E-state index in [0.29, 0.717) is 22.0 Å². The molecule has 8 heteroatoms. The number of aryl methyl sites for hydroxylation is 1. The third-order valence-electron chi connectivity index (χ3n) is 3.47. The molecule has 25 heavy (non-hydrogen) atoms. The molecule has 0 atom stereocenters. The average molecular weight is 399 g/mol. The first-order valence-electron chi connectivity index (χ1n) is 7.38. The maximum Gasteiger partial charge on any atom is 0.245 e. The standard InChI is InChI=1S/C17H19ClN2O3S2/c1-12-9-13(18)7-8-16(12)20(25(3,22)23)11-17(21)19-14-5-4-6-15(10-14)24-2/h4-10H,11H2,1-3H3,(H,19,21). The maximum atomic E-state index is 12.4. The van der Waals surface area contributed by atoms with Crippen molar-refractivity contribution in [3.8, 4) is 0 Å². The number of carbonyl (C=O) groups is 1. The van der Waals surface area contributed by atoms with Crippen molar-refractivity contribution in [3.63, 3.8) is 0 Å². The van der Waals surface area contributed by atoms with Gasteiger partial charge in [0.05, 0.1) is 11.9 Å². The largest absolute Gasteiger partial charge is 0.324 e. The van der Waals surface area contributed by atoms with Crippen molar-refractivity contribution in [3.05, 3.63) is 53.1 Å². The molecule has 2 aromatic carbocycles. The summed E-state index contributed by atoms with van der Waals surface area (Å²) in [7, 11) is -3.63. The number of benzene rings is 2. The van der Waals surface area contributed by atoms with Crippen LogP contribution in [0.2, 0.25) is 5.02 Å². The molecule has 0 heterocycles. The molecule has 0 bridgehead atoms. The van der Waals surface area contributed by atoms with Gasteiger partial charge in [0.25, 0.3) is 0 Å². The van der Waals surface area contributed by atoms with Crippen molar-refractivity contribution in [1.29, 1.82) is 0 Å². The Morgan fingerprint density at radius 3 is 2.56 bits per heavy atom. The fourth-order valence-electron chi connectivity index (χ4n) is 2.31. The Bertz CT molecular complexity index is 885. The van der Waals surface area contributed by atoms with Gasteiger partial charge in [-0.15, -0.1) is 11.8 Å². The third kappa shape index (κ3) is 5.39. The highest BCUT2D eigenvalue weighted by Gasteiger charge is 2.22. The lowest BCUT2D eigenvalue weighted by molar-refractivity contribution is -0.114. The van der Waals surface area contributed by atoms with Crippen LogP contribution in [-0.2, 0) is 14.8 Å². The van der Waals surface area contributed by atoms with Gasteiger partial charge in [0.1, 0.15) is 6.54 Å². The van der Waals surface area contributed by atoms with E-state index in [2.05, 4.69) is 5.32 Å². The molecule has 2 rings (SSSR count). The zero-order chi connectivity index (χ0) is 18.6. The fraction of sp³-hybridized carbons (Fsp3) is 0.235. The summed E-state index contributed by atoms with van der Waals surface area (Å²) in [6.07, 6.45) is 3.01. The molecule has 134 valence electrons. The Morgan fingerprint density at radius 2 is 1.96 bits per heavy atom. The number of nitrogens with one attached hydrogen (secondary N) is 1. The molecular formula is C17H19ClN2O3S2. The molecule has 0 aliphatic rings. The Morgan fingerprint density at radius 1 is 1.24 bits per heavy atom. The number of hydrogen-bond acceptors (Lipinski definition) is 4. The summed E-state index contributed by atoms with van der Waals surface area (Å²) < 4.78 is 25.4. The van der Waals surface area contributed by atoms with Gasteiger partial charge in [0.15, 0.2) is 0 Å². The second-order valence-corrected chi connectivity index (χ2v) is 8.70. The molecule has 0 fully saturated rings. The molecule has 0 aromatic heterocycles. The van der Waals surface area contributed by atoms with Crippen molar-refractivity contribution in [2.75, 3.05) is 28.7 Å². The molecule has 5 nitrogen and oxygen atoms in total. The van der Waals surface area contributed by atoms with Crippen LogP contribution in [0, 0.1) is 6.92 Å². The number of amides is 1. The average Bonchev–Trinajstić information content (AvgIpc) is 2.52. The number of thioether (sulfide) groups is 1. The van der Waals surface area contributed by atoms with Crippen LogP contribution in [0.25, 0.3) is 0 Å². The van der Waals surface area contributed by atoms with Gasteiger partial charge < -0.3 is 5.32 Å². The van der Waals surface area contributed by atoms with Crippen LogP contribution in [0.15, 0.2) is 47.4 Å². The van der Waals surface area contributed by atoms with E-state index in [-0.39, 0.29) is 6.54 Å². The van der Waals surface area contributed by atoms with E-state index in [1.807, 2.05) is 24.5 Å². The summed E-state index contributed by atoms with van der Waals surface area (Å²) in [5, 5.41) is 3.24. The van der Waals surface area contributed by atoms with E-state index < -0.39 is 15.9 Å². The molecule has 0 unspecified atom stereocenters. The van der Waals surface area contributed by atoms with E-state index in [1.54, 1.807) is 43.0 Å². The second kappa shape index (κ2) is 8.12. The Labute approximate surface area is 157 Å². The summed E-state index contributed by atoms with van der Waals surface area (Å²) in [4.78, 5) is 13.4. The summed E-state index contributed by atoms with van der Waals surface area (Å²) in [5.41, 5.74) is 1.73. The first-order chi connectivity index (χ1) is 11.7. The predicted molar refractivity (Wildman–Crippen MR) is 105 cm³/mol. The van der Waals surface area contributed by atoms with Crippen LogP contribution in [0.3, 0.4) is 0 Å². The van der Waals surface area contributed by atoms with Crippen LogP contribution in [0.4, 0.5) is 11.4 Å². The fourth-order valence-corrected chi connectivity index (χ4v) is 3.91. The molecule has 0 radical (unpaired) electrons. The molecular weight excluding hydrogens is 380 g/mol. The van der Waals surface area contributed by atoms with Gasteiger partial charge in [-0.05, 0) is 55.1 Å². The van der Waals surface area contributed by atoms with Crippen molar-refractivity contribution >= 4 is 50.7 Å². The van der Waals surface area contributed by atoms with Gasteiger partial charge in [0.2, 0.25) is 15.9 Å². The molecule has 0 aliphatic carbocycles. The quantitative estimate of drug-likeness (QED) is 0.752. The number of halogens is 1. The van der Waals surface area contributed by atoms with E-state index in [1.165, 1.54) is 0 Å². The van der Waals surface area contributed by atoms with E-state index in [9.17, 15) is 13.2 Å². The molecule has 0 aliphatic heterocycles. The Kier molecular flexibility index (Phi) is 6.37. The molecule has 0 spiro atoms. The van der Waals surface area contributed by atoms with Crippen molar-refractivity contribution in [1.82, 2.24) is 0 Å². The van der Waals surface area contributed by atoms with Crippen molar-refractivity contribution in [2.24, 2.45) is 0 Å². The summed E-state index contributed by atoms with van der Waals surface area (Å²) in [5.74, 6) is -0.418. The summed E-state index contributed by atoms with van der Waals surface area (Å²) >= 11 is 7.49. The number of carbonyl (C=O) groups excluding carboxylic acids is 1. The van der Waals surface area contributed by atoms with Gasteiger partial charge in [-0.3, -0.25) is 9.10 Å². The number of nitrogens with zero attached hydrogens (tertiary/aromatic N) is 1. The normalized spacial score (nSPS) is 11.2. The second-order valence-electron chi connectivity index (χ2n) is 5.48. The number of rotatable bonds is 6. The van der Waals surface area contributed by atoms with Gasteiger partial charge in [-0.25, -0.2) is 8.42 Å². The zero-order valence-corrected chi connectivity index (χ0v) is 16.5. The van der Waals surface area contributed by atoms with Crippen LogP contribution in [-0.4, -0.2) is 33.4 Å². The molecule has 2 aromatic rings. The Balaban J connectivity index is 2.24. The highest BCUT2D eigenvalue weighted by Crippen LogP contribution is 2.26. The SMILES string of the molecule is CSc1cccc(NC(=O)CN(c2ccc(Cl)cc2C)S(C)(=O)=O)c1. The molecule has 0 saturated heterocycles. The minimum atomic E-state index is -3.63. The first-order valence-corrected chi connectivity index (χ1v) is 10.8. The minimum absolute atomic E-state index is 0.315. The number of hydrogen-bond donors (Lipinski definition) is 1. The minimum Gasteiger partial charge on any atom is -0.324 e. The highest BCUT2D eigenvalue weighted by atomic mass is 35.5. The maximum absolute atomic E-state index is 12.4. The number of anilines is 2. The van der Waals surface area contributed by atoms with Crippen molar-refractivity contribution < 1.29 is 13.2 Å². The molecule has 0 saturated carbocycles. The van der Waals surface area contributed by atoms with Crippen LogP contribution >= 0.6 is 23.4 Å². The smallest absolute Gasteiger partial charge is 0.245 e. The van der Waals surface area contributed by atoms with Gasteiger partial charge >= 0.3 is 0 Å². The number of sulfonamides is 1. The van der Waals surface area contributed by atoms with Crippen LogP contribution < -0.4 is 9.62 Å². The third-order valence-corrected chi connectivity index (χ3v) is 5.56. The Hall–Kier alpha value is -1.70. The van der Waals surface area contributed by atoms with Crippen molar-refractivity contribution in [2.45, 2.75) is 11.8 Å². The van der Waals surface area contributed by atoms with Crippen LogP contribution in [0.1, 0.15) is 5.56 Å². The van der Waals surface area contributed by atoms with Crippen LogP contribution in [0.5, 0.6) is 0 Å². The predicted octanol–water partition coefficient (Wildman–Crippen LogP) is 3.78. The van der Waals surface area contributed by atoms with E-state index in [4.69, 9.17) is 11.6 Å². The molecule has 1 N–H and O–H groups in total.